The van der Waals surface area contributed by atoms with E-state index >= 15 is 0 Å². The fourth-order valence-corrected chi connectivity index (χ4v) is 5.27. The van der Waals surface area contributed by atoms with Crippen molar-refractivity contribution in [1.29, 1.82) is 0 Å². The molecule has 0 aliphatic heterocycles. The first-order valence-corrected chi connectivity index (χ1v) is 12.2. The van der Waals surface area contributed by atoms with Gasteiger partial charge < -0.3 is 4.74 Å². The van der Waals surface area contributed by atoms with Gasteiger partial charge in [-0.3, -0.25) is 4.31 Å². The number of aryl methyl sites for hydroxylation is 1. The second-order valence-corrected chi connectivity index (χ2v) is 9.64. The topological polar surface area (TPSA) is 46.6 Å². The van der Waals surface area contributed by atoms with E-state index in [0.29, 0.717) is 17.1 Å². The van der Waals surface area contributed by atoms with Crippen molar-refractivity contribution in [3.63, 3.8) is 0 Å². The second-order valence-electron chi connectivity index (χ2n) is 7.77. The highest BCUT2D eigenvalue weighted by molar-refractivity contribution is 7.92. The van der Waals surface area contributed by atoms with Crippen molar-refractivity contribution in [2.75, 3.05) is 18.0 Å². The summed E-state index contributed by atoms with van der Waals surface area (Å²) in [6.07, 6.45) is 2.77. The Morgan fingerprint density at radius 3 is 2.10 bits per heavy atom. The molecule has 0 amide bonds. The van der Waals surface area contributed by atoms with Gasteiger partial charge in [0.25, 0.3) is 10.0 Å². The lowest BCUT2D eigenvalue weighted by Gasteiger charge is -2.27. The van der Waals surface area contributed by atoms with Gasteiger partial charge in [0.2, 0.25) is 0 Å². The molecular weight excluding hydrogens is 406 g/mol. The number of ether oxygens (including phenoxy) is 1. The Balaban J connectivity index is 1.89. The second kappa shape index (κ2) is 10.5. The van der Waals surface area contributed by atoms with Gasteiger partial charge in [0.05, 0.1) is 17.7 Å². The molecule has 31 heavy (non-hydrogen) atoms. The SMILES string of the molecule is CCC[C@@H](CCN(c1ccccc1)S(=O)(=O)c1ccc(C)cc1)c1ccc(OC)cc1. The first kappa shape index (κ1) is 22.9. The minimum Gasteiger partial charge on any atom is -0.497 e. The van der Waals surface area contributed by atoms with Crippen LogP contribution in [-0.4, -0.2) is 22.1 Å². The van der Waals surface area contributed by atoms with Crippen LogP contribution in [0.1, 0.15) is 43.2 Å². The van der Waals surface area contributed by atoms with Crippen molar-refractivity contribution in [3.8, 4) is 5.75 Å². The summed E-state index contributed by atoms with van der Waals surface area (Å²) in [6.45, 7) is 4.53. The summed E-state index contributed by atoms with van der Waals surface area (Å²) in [6, 6.07) is 24.5. The maximum Gasteiger partial charge on any atom is 0.264 e. The lowest BCUT2D eigenvalue weighted by molar-refractivity contribution is 0.414. The summed E-state index contributed by atoms with van der Waals surface area (Å²) in [7, 11) is -2.00. The van der Waals surface area contributed by atoms with Gasteiger partial charge in [0.15, 0.2) is 0 Å². The zero-order valence-electron chi connectivity index (χ0n) is 18.5. The molecule has 3 aromatic rings. The number of hydrogen-bond donors (Lipinski definition) is 0. The number of hydrogen-bond acceptors (Lipinski definition) is 3. The average molecular weight is 438 g/mol. The molecule has 0 spiro atoms. The van der Waals surface area contributed by atoms with E-state index in [1.54, 1.807) is 23.5 Å². The minimum atomic E-state index is -3.66. The van der Waals surface area contributed by atoms with E-state index in [1.807, 2.05) is 61.5 Å². The highest BCUT2D eigenvalue weighted by atomic mass is 32.2. The summed E-state index contributed by atoms with van der Waals surface area (Å²) >= 11 is 0. The van der Waals surface area contributed by atoms with E-state index in [9.17, 15) is 8.42 Å². The van der Waals surface area contributed by atoms with Crippen LogP contribution in [0.15, 0.2) is 83.8 Å². The van der Waals surface area contributed by atoms with Crippen LogP contribution in [0, 0.1) is 6.92 Å². The van der Waals surface area contributed by atoms with Crippen molar-refractivity contribution < 1.29 is 13.2 Å². The van der Waals surface area contributed by atoms with E-state index in [-0.39, 0.29) is 5.92 Å². The van der Waals surface area contributed by atoms with Crippen LogP contribution in [-0.2, 0) is 10.0 Å². The van der Waals surface area contributed by atoms with Crippen LogP contribution >= 0.6 is 0 Å². The Hall–Kier alpha value is -2.79. The highest BCUT2D eigenvalue weighted by Crippen LogP contribution is 2.30. The van der Waals surface area contributed by atoms with E-state index in [4.69, 9.17) is 4.74 Å². The van der Waals surface area contributed by atoms with Crippen molar-refractivity contribution in [2.24, 2.45) is 0 Å². The molecule has 0 heterocycles. The van der Waals surface area contributed by atoms with Gasteiger partial charge in [-0.05, 0) is 67.6 Å². The number of rotatable bonds is 10. The summed E-state index contributed by atoms with van der Waals surface area (Å²) in [5.41, 5.74) is 2.93. The zero-order chi connectivity index (χ0) is 22.3. The van der Waals surface area contributed by atoms with Gasteiger partial charge in [-0.25, -0.2) is 8.42 Å². The average Bonchev–Trinajstić information content (AvgIpc) is 2.79. The molecule has 0 unspecified atom stereocenters. The van der Waals surface area contributed by atoms with Crippen LogP contribution in [0.4, 0.5) is 5.69 Å². The van der Waals surface area contributed by atoms with E-state index in [0.717, 1.165) is 30.6 Å². The number of benzene rings is 3. The number of anilines is 1. The standard InChI is InChI=1S/C26H31NO3S/c1-4-8-22(23-13-15-25(30-3)16-14-23)19-20-27(24-9-6-5-7-10-24)31(28,29)26-17-11-21(2)12-18-26/h5-7,9-18,22H,4,8,19-20H2,1-3H3/t22-/m0/s1. The van der Waals surface area contributed by atoms with Crippen molar-refractivity contribution in [2.45, 2.75) is 43.9 Å². The summed E-state index contributed by atoms with van der Waals surface area (Å²) < 4.78 is 33.9. The van der Waals surface area contributed by atoms with Crippen LogP contribution < -0.4 is 9.04 Å². The third-order valence-corrected chi connectivity index (χ3v) is 7.40. The maximum atomic E-state index is 13.5. The van der Waals surface area contributed by atoms with Gasteiger partial charge in [-0.2, -0.15) is 0 Å². The minimum absolute atomic E-state index is 0.273. The third-order valence-electron chi connectivity index (χ3n) is 5.56. The fourth-order valence-electron chi connectivity index (χ4n) is 3.80. The Morgan fingerprint density at radius 1 is 0.871 bits per heavy atom. The molecule has 1 atom stereocenters. The predicted octanol–water partition coefficient (Wildman–Crippen LogP) is 6.17. The van der Waals surface area contributed by atoms with Gasteiger partial charge in [-0.1, -0.05) is 61.4 Å². The molecule has 3 aromatic carbocycles. The third kappa shape index (κ3) is 5.67. The maximum absolute atomic E-state index is 13.5. The predicted molar refractivity (Wildman–Crippen MR) is 127 cm³/mol. The van der Waals surface area contributed by atoms with Crippen LogP contribution in [0.3, 0.4) is 0 Å². The van der Waals surface area contributed by atoms with Crippen LogP contribution in [0.25, 0.3) is 0 Å². The largest absolute Gasteiger partial charge is 0.497 e. The first-order valence-electron chi connectivity index (χ1n) is 10.7. The molecule has 0 aromatic heterocycles. The molecule has 0 bridgehead atoms. The number of para-hydroxylation sites is 1. The smallest absolute Gasteiger partial charge is 0.264 e. The molecule has 3 rings (SSSR count). The summed E-state index contributed by atoms with van der Waals surface area (Å²) in [5.74, 6) is 1.10. The molecule has 164 valence electrons. The molecule has 0 fully saturated rings. The van der Waals surface area contributed by atoms with E-state index in [1.165, 1.54) is 5.56 Å². The molecule has 0 N–H and O–H groups in total. The van der Waals surface area contributed by atoms with Gasteiger partial charge in [-0.15, -0.1) is 0 Å². The molecule has 0 aliphatic carbocycles. The lowest BCUT2D eigenvalue weighted by Crippen LogP contribution is -2.32. The fraction of sp³-hybridized carbons (Fsp3) is 0.308. The molecule has 0 radical (unpaired) electrons. The normalized spacial score (nSPS) is 12.4. The zero-order valence-corrected chi connectivity index (χ0v) is 19.3. The molecular formula is C26H31NO3S. The molecule has 0 aliphatic rings. The van der Waals surface area contributed by atoms with Gasteiger partial charge in [0, 0.05) is 6.54 Å². The highest BCUT2D eigenvalue weighted by Gasteiger charge is 2.26. The molecule has 4 nitrogen and oxygen atoms in total. The first-order chi connectivity index (χ1) is 15.0. The summed E-state index contributed by atoms with van der Waals surface area (Å²) in [4.78, 5) is 0.318. The Bertz CT molecular complexity index is 1050. The van der Waals surface area contributed by atoms with E-state index in [2.05, 4.69) is 19.1 Å². The van der Waals surface area contributed by atoms with Crippen LogP contribution in [0.2, 0.25) is 0 Å². The number of nitrogens with zero attached hydrogens (tertiary/aromatic N) is 1. The lowest BCUT2D eigenvalue weighted by atomic mass is 9.91. The van der Waals surface area contributed by atoms with Crippen molar-refractivity contribution in [3.05, 3.63) is 90.0 Å². The molecule has 0 saturated carbocycles. The Labute approximate surface area is 186 Å². The quantitative estimate of drug-likeness (QED) is 0.381. The number of methoxy groups -OCH3 is 1. The van der Waals surface area contributed by atoms with Gasteiger partial charge in [0.1, 0.15) is 5.75 Å². The van der Waals surface area contributed by atoms with E-state index < -0.39 is 10.0 Å². The number of sulfonamides is 1. The van der Waals surface area contributed by atoms with Crippen LogP contribution in [0.5, 0.6) is 5.75 Å². The van der Waals surface area contributed by atoms with Crippen molar-refractivity contribution >= 4 is 15.7 Å². The summed E-state index contributed by atoms with van der Waals surface area (Å²) in [5, 5.41) is 0. The Morgan fingerprint density at radius 2 is 1.52 bits per heavy atom. The monoisotopic (exact) mass is 437 g/mol. The molecule has 5 heteroatoms. The Kier molecular flexibility index (Phi) is 7.75. The molecule has 0 saturated heterocycles. The van der Waals surface area contributed by atoms with Crippen molar-refractivity contribution in [1.82, 2.24) is 0 Å². The van der Waals surface area contributed by atoms with Gasteiger partial charge >= 0.3 is 0 Å².